The molecule has 1 heterocycles. The molecule has 1 heteroatoms. The topological polar surface area (TPSA) is 0 Å². The first-order chi connectivity index (χ1) is 17.0. The zero-order valence-electron chi connectivity index (χ0n) is 24.8. The molecular weight excluding hydrogens is 431 g/mol. The van der Waals surface area contributed by atoms with Crippen LogP contribution in [0.15, 0.2) is 36.4 Å². The van der Waals surface area contributed by atoms with E-state index in [1.54, 1.807) is 16.6 Å². The van der Waals surface area contributed by atoms with Crippen molar-refractivity contribution >= 4 is 23.1 Å². The Kier molecular flexibility index (Phi) is 7.61. The van der Waals surface area contributed by atoms with Crippen LogP contribution in [-0.4, -0.2) is 6.71 Å². The van der Waals surface area contributed by atoms with Crippen molar-refractivity contribution in [1.82, 2.24) is 0 Å². The van der Waals surface area contributed by atoms with E-state index in [0.717, 1.165) is 12.8 Å². The van der Waals surface area contributed by atoms with Gasteiger partial charge in [-0.15, -0.1) is 0 Å². The summed E-state index contributed by atoms with van der Waals surface area (Å²) >= 11 is 0. The van der Waals surface area contributed by atoms with Gasteiger partial charge in [0.2, 0.25) is 6.71 Å². The van der Waals surface area contributed by atoms with Crippen LogP contribution in [0.5, 0.6) is 0 Å². The molecule has 4 rings (SSSR count). The summed E-state index contributed by atoms with van der Waals surface area (Å²) in [7, 11) is 0. The maximum absolute atomic E-state index is 2.56. The summed E-state index contributed by atoms with van der Waals surface area (Å²) in [5.74, 6) is 2.09. The van der Waals surface area contributed by atoms with Gasteiger partial charge in [-0.25, -0.2) is 0 Å². The van der Waals surface area contributed by atoms with Gasteiger partial charge in [-0.3, -0.25) is 0 Å². The molecule has 0 fully saturated rings. The Balaban J connectivity index is 2.16. The Bertz CT molecular complexity index is 1270. The SMILES string of the molecule is CCc1ccc2c(c1C)-c1c(ccc(C(C)C)c1C)B2c1c(C(C)C)cc(C(C)C)cc1C(C)CC. The minimum absolute atomic E-state index is 0.308. The number of aryl methyl sites for hydroxylation is 1. The van der Waals surface area contributed by atoms with Gasteiger partial charge in [0.25, 0.3) is 0 Å². The zero-order valence-corrected chi connectivity index (χ0v) is 24.8. The third-order valence-electron chi connectivity index (χ3n) is 9.01. The summed E-state index contributed by atoms with van der Waals surface area (Å²) in [5.41, 5.74) is 18.2. The Morgan fingerprint density at radius 3 is 1.72 bits per heavy atom. The number of fused-ring (bicyclic) bond motifs is 3. The van der Waals surface area contributed by atoms with Gasteiger partial charge in [-0.1, -0.05) is 115 Å². The van der Waals surface area contributed by atoms with E-state index in [9.17, 15) is 0 Å². The van der Waals surface area contributed by atoms with Gasteiger partial charge in [-0.05, 0) is 100 Å². The van der Waals surface area contributed by atoms with Gasteiger partial charge in [0.1, 0.15) is 0 Å². The Labute approximate surface area is 222 Å². The minimum atomic E-state index is 0.308. The van der Waals surface area contributed by atoms with E-state index in [1.165, 1.54) is 49.9 Å². The predicted molar refractivity (Wildman–Crippen MR) is 163 cm³/mol. The van der Waals surface area contributed by atoms with Crippen molar-refractivity contribution in [3.63, 3.8) is 0 Å². The van der Waals surface area contributed by atoms with Crippen molar-refractivity contribution in [2.45, 2.75) is 113 Å². The van der Waals surface area contributed by atoms with E-state index >= 15 is 0 Å². The lowest BCUT2D eigenvalue weighted by Gasteiger charge is -2.27. The largest absolute Gasteiger partial charge is 0.243 e. The molecule has 0 spiro atoms. The summed E-state index contributed by atoms with van der Waals surface area (Å²) < 4.78 is 0. The van der Waals surface area contributed by atoms with E-state index in [-0.39, 0.29) is 0 Å². The molecule has 0 aliphatic carbocycles. The fourth-order valence-electron chi connectivity index (χ4n) is 6.65. The van der Waals surface area contributed by atoms with Crippen LogP contribution in [0, 0.1) is 13.8 Å². The molecule has 0 bridgehead atoms. The van der Waals surface area contributed by atoms with E-state index in [4.69, 9.17) is 0 Å². The van der Waals surface area contributed by atoms with Gasteiger partial charge < -0.3 is 0 Å². The first-order valence-electron chi connectivity index (χ1n) is 14.5. The fourth-order valence-corrected chi connectivity index (χ4v) is 6.65. The predicted octanol–water partition coefficient (Wildman–Crippen LogP) is 8.25. The van der Waals surface area contributed by atoms with Crippen LogP contribution in [0.2, 0.25) is 0 Å². The van der Waals surface area contributed by atoms with Crippen LogP contribution >= 0.6 is 0 Å². The van der Waals surface area contributed by atoms with Gasteiger partial charge >= 0.3 is 0 Å². The molecule has 0 aromatic heterocycles. The second-order valence-corrected chi connectivity index (χ2v) is 12.2. The molecule has 1 aliphatic heterocycles. The average Bonchev–Trinajstić information content (AvgIpc) is 3.18. The van der Waals surface area contributed by atoms with Crippen LogP contribution in [0.3, 0.4) is 0 Å². The lowest BCUT2D eigenvalue weighted by molar-refractivity contribution is 0.728. The summed E-state index contributed by atoms with van der Waals surface area (Å²) in [5, 5.41) is 0. The number of hydrogen-bond acceptors (Lipinski definition) is 0. The molecule has 0 N–H and O–H groups in total. The highest BCUT2D eigenvalue weighted by Gasteiger charge is 2.39. The molecule has 1 atom stereocenters. The highest BCUT2D eigenvalue weighted by atomic mass is 14.3. The molecule has 0 nitrogen and oxygen atoms in total. The Morgan fingerprint density at radius 2 is 1.19 bits per heavy atom. The third kappa shape index (κ3) is 4.27. The summed E-state index contributed by atoms with van der Waals surface area (Å²) in [4.78, 5) is 0. The van der Waals surface area contributed by atoms with Gasteiger partial charge in [0.05, 0.1) is 0 Å². The molecule has 0 radical (unpaired) electrons. The Morgan fingerprint density at radius 1 is 0.639 bits per heavy atom. The molecule has 0 saturated heterocycles. The minimum Gasteiger partial charge on any atom is -0.0661 e. The van der Waals surface area contributed by atoms with Gasteiger partial charge in [0.15, 0.2) is 0 Å². The number of rotatable bonds is 7. The molecule has 3 aromatic carbocycles. The molecule has 0 saturated carbocycles. The standard InChI is InChI=1S/C35H47B/c1-12-23(9)30-19-27(20(3)4)18-29(22(7)8)35(30)36-31-16-14-26(13-2)24(10)33(31)34-25(11)28(21(5)6)15-17-32(34)36/h14-23H,12-13H2,1-11H3. The zero-order chi connectivity index (χ0) is 26.5. The van der Waals surface area contributed by atoms with Crippen LogP contribution in [0.1, 0.15) is 131 Å². The molecule has 0 amide bonds. The lowest BCUT2D eigenvalue weighted by atomic mass is 9.36. The number of benzene rings is 3. The van der Waals surface area contributed by atoms with Crippen LogP contribution in [0.4, 0.5) is 0 Å². The smallest absolute Gasteiger partial charge is 0.0661 e. The Hall–Kier alpha value is -2.28. The first-order valence-corrected chi connectivity index (χ1v) is 14.5. The van der Waals surface area contributed by atoms with Crippen LogP contribution in [-0.2, 0) is 6.42 Å². The van der Waals surface area contributed by atoms with Crippen molar-refractivity contribution in [3.05, 3.63) is 75.3 Å². The highest BCUT2D eigenvalue weighted by molar-refractivity contribution is 6.99. The van der Waals surface area contributed by atoms with E-state index in [1.807, 2.05) is 0 Å². The van der Waals surface area contributed by atoms with E-state index in [0.29, 0.717) is 30.4 Å². The first kappa shape index (κ1) is 26.8. The van der Waals surface area contributed by atoms with Crippen molar-refractivity contribution in [3.8, 4) is 11.1 Å². The molecule has 36 heavy (non-hydrogen) atoms. The molecule has 1 unspecified atom stereocenters. The molecule has 3 aromatic rings. The monoisotopic (exact) mass is 478 g/mol. The van der Waals surface area contributed by atoms with Crippen molar-refractivity contribution in [1.29, 1.82) is 0 Å². The third-order valence-corrected chi connectivity index (χ3v) is 9.01. The molecule has 1 aliphatic rings. The van der Waals surface area contributed by atoms with Gasteiger partial charge in [0, 0.05) is 0 Å². The van der Waals surface area contributed by atoms with Gasteiger partial charge in [-0.2, -0.15) is 0 Å². The molecule has 190 valence electrons. The van der Waals surface area contributed by atoms with Crippen LogP contribution in [0.25, 0.3) is 11.1 Å². The normalized spacial score (nSPS) is 13.7. The lowest BCUT2D eigenvalue weighted by Crippen LogP contribution is -2.52. The number of hydrogen-bond donors (Lipinski definition) is 0. The van der Waals surface area contributed by atoms with Crippen molar-refractivity contribution in [2.24, 2.45) is 0 Å². The maximum Gasteiger partial charge on any atom is 0.243 e. The maximum atomic E-state index is 2.56. The quantitative estimate of drug-likeness (QED) is 0.235. The molecular formula is C35H47B. The highest BCUT2D eigenvalue weighted by Crippen LogP contribution is 2.36. The van der Waals surface area contributed by atoms with Crippen molar-refractivity contribution < 1.29 is 0 Å². The summed E-state index contributed by atoms with van der Waals surface area (Å²) in [6, 6.07) is 14.9. The van der Waals surface area contributed by atoms with Crippen LogP contribution < -0.4 is 16.4 Å². The second-order valence-electron chi connectivity index (χ2n) is 12.2. The second kappa shape index (κ2) is 10.2. The van der Waals surface area contributed by atoms with Crippen molar-refractivity contribution in [2.75, 3.05) is 0 Å². The summed E-state index contributed by atoms with van der Waals surface area (Å²) in [6.45, 7) is 26.2. The fraction of sp³-hybridized carbons (Fsp3) is 0.486. The summed E-state index contributed by atoms with van der Waals surface area (Å²) in [6.07, 6.45) is 2.25. The van der Waals surface area contributed by atoms with E-state index in [2.05, 4.69) is 113 Å². The average molecular weight is 479 g/mol. The van der Waals surface area contributed by atoms with E-state index < -0.39 is 0 Å².